The molecule has 0 unspecified atom stereocenters. The van der Waals surface area contributed by atoms with Gasteiger partial charge in [-0.2, -0.15) is 0 Å². The van der Waals surface area contributed by atoms with E-state index < -0.39 is 7.04 Å². The number of hydrogen-bond acceptors (Lipinski definition) is 2. The fourth-order valence-corrected chi connectivity index (χ4v) is 0.920. The summed E-state index contributed by atoms with van der Waals surface area (Å²) < 4.78 is 25.4. The Morgan fingerprint density at radius 1 is 1.78 bits per heavy atom. The van der Waals surface area contributed by atoms with Crippen molar-refractivity contribution in [2.24, 2.45) is 0 Å². The van der Waals surface area contributed by atoms with Gasteiger partial charge in [-0.15, -0.1) is 12.4 Å². The van der Waals surface area contributed by atoms with E-state index in [0.717, 1.165) is 19.4 Å². The average molecular weight is 158 g/mol. The SMILES string of the molecule is Cl.[3H]C([3H])([3H])O[C@H]1CCCNC1. The summed E-state index contributed by atoms with van der Waals surface area (Å²) in [6, 6.07) is 0. The van der Waals surface area contributed by atoms with Crippen LogP contribution in [-0.4, -0.2) is 26.2 Å². The van der Waals surface area contributed by atoms with Crippen LogP contribution in [0, 0.1) is 0 Å². The maximum Gasteiger partial charge on any atom is 0.0696 e. The van der Waals surface area contributed by atoms with Crippen LogP contribution in [0.5, 0.6) is 0 Å². The summed E-state index contributed by atoms with van der Waals surface area (Å²) in [4.78, 5) is 0. The highest BCUT2D eigenvalue weighted by atomic mass is 35.5. The molecule has 1 rings (SSSR count). The van der Waals surface area contributed by atoms with Crippen LogP contribution < -0.4 is 5.32 Å². The van der Waals surface area contributed by atoms with Crippen molar-refractivity contribution in [1.29, 1.82) is 0 Å². The number of hydrogen-bond donors (Lipinski definition) is 1. The Kier molecular flexibility index (Phi) is 2.76. The second kappa shape index (κ2) is 5.03. The van der Waals surface area contributed by atoms with Crippen LogP contribution in [0.15, 0.2) is 0 Å². The number of halogens is 1. The topological polar surface area (TPSA) is 21.3 Å². The Balaban J connectivity index is 0.00000121. The quantitative estimate of drug-likeness (QED) is 0.608. The van der Waals surface area contributed by atoms with E-state index in [-0.39, 0.29) is 18.5 Å². The van der Waals surface area contributed by atoms with E-state index >= 15 is 0 Å². The highest BCUT2D eigenvalue weighted by molar-refractivity contribution is 5.85. The molecule has 1 saturated heterocycles. The van der Waals surface area contributed by atoms with Crippen molar-refractivity contribution >= 4 is 12.4 Å². The van der Waals surface area contributed by atoms with Crippen LogP contribution in [0.25, 0.3) is 0 Å². The molecule has 0 radical (unpaired) electrons. The third-order valence-corrected chi connectivity index (χ3v) is 1.42. The van der Waals surface area contributed by atoms with Gasteiger partial charge < -0.3 is 10.1 Å². The van der Waals surface area contributed by atoms with Gasteiger partial charge in [0.1, 0.15) is 0 Å². The standard InChI is InChI=1S/C6H13NO.ClH/c1-8-6-3-2-4-7-5-6;/h6-7H,2-5H2,1H3;1H/t6-;/m0./s1/i1T3;. The van der Waals surface area contributed by atoms with Gasteiger partial charge in [-0.05, 0) is 19.4 Å². The van der Waals surface area contributed by atoms with Gasteiger partial charge in [-0.25, -0.2) is 0 Å². The summed E-state index contributed by atoms with van der Waals surface area (Å²) in [5.41, 5.74) is 0. The number of nitrogens with one attached hydrogen (secondary N) is 1. The van der Waals surface area contributed by atoms with E-state index in [1.807, 2.05) is 0 Å². The van der Waals surface area contributed by atoms with E-state index in [1.165, 1.54) is 0 Å². The Hall–Kier alpha value is 0.210. The van der Waals surface area contributed by atoms with E-state index in [0.29, 0.717) is 6.54 Å². The van der Waals surface area contributed by atoms with Gasteiger partial charge >= 0.3 is 0 Å². The van der Waals surface area contributed by atoms with E-state index in [9.17, 15) is 0 Å². The molecule has 2 nitrogen and oxygen atoms in total. The highest BCUT2D eigenvalue weighted by Crippen LogP contribution is 2.03. The van der Waals surface area contributed by atoms with Crippen molar-refractivity contribution in [3.8, 4) is 0 Å². The second-order valence-corrected chi connectivity index (χ2v) is 2.09. The van der Waals surface area contributed by atoms with Gasteiger partial charge in [0.25, 0.3) is 0 Å². The van der Waals surface area contributed by atoms with Crippen molar-refractivity contribution in [3.05, 3.63) is 0 Å². The zero-order chi connectivity index (χ0) is 8.32. The minimum absolute atomic E-state index is 0. The third kappa shape index (κ3) is 3.04. The van der Waals surface area contributed by atoms with Gasteiger partial charge in [-0.3, -0.25) is 0 Å². The molecule has 1 atom stereocenters. The predicted octanol–water partition coefficient (Wildman–Crippen LogP) is 0.807. The molecule has 3 heteroatoms. The summed E-state index contributed by atoms with van der Waals surface area (Å²) >= 11 is 0. The summed E-state index contributed by atoms with van der Waals surface area (Å²) in [6.45, 7) is 1.64. The molecule has 1 aliphatic heterocycles. The number of ether oxygens (including phenoxy) is 1. The van der Waals surface area contributed by atoms with Crippen LogP contribution >= 0.6 is 12.4 Å². The molecular formula is C6H14ClNO. The molecule has 9 heavy (non-hydrogen) atoms. The van der Waals surface area contributed by atoms with Crippen molar-refractivity contribution < 1.29 is 8.85 Å². The molecule has 0 aliphatic carbocycles. The lowest BCUT2D eigenvalue weighted by Crippen LogP contribution is -2.34. The van der Waals surface area contributed by atoms with Gasteiger partial charge in [-0.1, -0.05) is 0 Å². The van der Waals surface area contributed by atoms with Crippen molar-refractivity contribution in [2.75, 3.05) is 20.1 Å². The van der Waals surface area contributed by atoms with Crippen molar-refractivity contribution in [2.45, 2.75) is 18.9 Å². The fourth-order valence-electron chi connectivity index (χ4n) is 0.920. The minimum Gasteiger partial charge on any atom is -0.380 e. The first-order valence-corrected chi connectivity index (χ1v) is 2.96. The van der Waals surface area contributed by atoms with Gasteiger partial charge in [0.2, 0.25) is 0 Å². The largest absolute Gasteiger partial charge is 0.380 e. The van der Waals surface area contributed by atoms with Crippen LogP contribution in [-0.2, 0) is 4.74 Å². The zero-order valence-corrected chi connectivity index (χ0v) is 6.04. The number of piperidine rings is 1. The van der Waals surface area contributed by atoms with Gasteiger partial charge in [0, 0.05) is 13.6 Å². The highest BCUT2D eigenvalue weighted by Gasteiger charge is 2.09. The molecule has 56 valence electrons. The Labute approximate surface area is 66.6 Å². The molecule has 0 amide bonds. The first kappa shape index (κ1) is 4.94. The van der Waals surface area contributed by atoms with Gasteiger partial charge in [0.15, 0.2) is 0 Å². The molecule has 1 aliphatic rings. The molecule has 0 bridgehead atoms. The summed E-state index contributed by atoms with van der Waals surface area (Å²) in [5, 5.41) is 3.08. The van der Waals surface area contributed by atoms with E-state index in [1.54, 1.807) is 0 Å². The summed E-state index contributed by atoms with van der Waals surface area (Å²) in [6.07, 6.45) is 1.72. The monoisotopic (exact) mass is 157 g/mol. The first-order chi connectivity index (χ1) is 5.08. The first-order valence-electron chi connectivity index (χ1n) is 4.46. The normalized spacial score (nSPS) is 33.3. The minimum atomic E-state index is -2.23. The van der Waals surface area contributed by atoms with Crippen LogP contribution in [0.2, 0.25) is 0 Å². The molecule has 0 spiro atoms. The van der Waals surface area contributed by atoms with Crippen molar-refractivity contribution in [1.82, 2.24) is 5.32 Å². The van der Waals surface area contributed by atoms with E-state index in [2.05, 4.69) is 5.32 Å². The average Bonchev–Trinajstić information content (AvgIpc) is 1.85. The predicted molar refractivity (Wildman–Crippen MR) is 40.1 cm³/mol. The van der Waals surface area contributed by atoms with Crippen molar-refractivity contribution in [3.63, 3.8) is 0 Å². The van der Waals surface area contributed by atoms with Crippen LogP contribution in [0.1, 0.15) is 17.0 Å². The molecule has 0 aromatic carbocycles. The molecule has 1 heterocycles. The Morgan fingerprint density at radius 3 is 3.22 bits per heavy atom. The number of rotatable bonds is 1. The molecule has 0 saturated carbocycles. The molecule has 0 aromatic rings. The van der Waals surface area contributed by atoms with Crippen LogP contribution in [0.3, 0.4) is 0 Å². The maximum atomic E-state index is 6.85. The van der Waals surface area contributed by atoms with Gasteiger partial charge in [0.05, 0.1) is 10.2 Å². The number of methoxy groups -OCH3 is 1. The smallest absolute Gasteiger partial charge is 0.0696 e. The van der Waals surface area contributed by atoms with Crippen LogP contribution in [0.4, 0.5) is 0 Å². The summed E-state index contributed by atoms with van der Waals surface area (Å²) in [7, 11) is -2.23. The lowest BCUT2D eigenvalue weighted by Gasteiger charge is -2.20. The fraction of sp³-hybridized carbons (Fsp3) is 1.00. The maximum absolute atomic E-state index is 6.85. The third-order valence-electron chi connectivity index (χ3n) is 1.42. The van der Waals surface area contributed by atoms with E-state index in [4.69, 9.17) is 8.85 Å². The second-order valence-electron chi connectivity index (χ2n) is 2.09. The molecule has 1 N–H and O–H groups in total. The summed E-state index contributed by atoms with van der Waals surface area (Å²) in [5.74, 6) is 0. The molecular weight excluding hydrogens is 138 g/mol. The molecule has 1 fully saturated rings. The Bertz CT molecular complexity index is 124. The Morgan fingerprint density at radius 2 is 2.67 bits per heavy atom. The zero-order valence-electron chi connectivity index (χ0n) is 8.22. The lowest BCUT2D eigenvalue weighted by atomic mass is 10.1. The lowest BCUT2D eigenvalue weighted by molar-refractivity contribution is 0.0810. The molecule has 0 aromatic heterocycles.